The minimum atomic E-state index is 0.610. The molecular weight excluding hydrogens is 188 g/mol. The van der Waals surface area contributed by atoms with Crippen molar-refractivity contribution in [2.45, 2.75) is 13.5 Å². The maximum absolute atomic E-state index is 5.04. The number of H-pyrrole nitrogens is 1. The predicted octanol–water partition coefficient (Wildman–Crippen LogP) is 1.62. The Morgan fingerprint density at radius 3 is 3.15 bits per heavy atom. The van der Waals surface area contributed by atoms with Crippen LogP contribution in [0.3, 0.4) is 0 Å². The highest BCUT2D eigenvalue weighted by atomic mass is 32.1. The molecule has 5 nitrogen and oxygen atoms in total. The van der Waals surface area contributed by atoms with Gasteiger partial charge in [0.15, 0.2) is 10.6 Å². The molecule has 6 heteroatoms. The van der Waals surface area contributed by atoms with Gasteiger partial charge in [-0.25, -0.2) is 0 Å². The van der Waals surface area contributed by atoms with E-state index in [0.717, 1.165) is 17.9 Å². The third-order valence-corrected chi connectivity index (χ3v) is 2.08. The third-order valence-electron chi connectivity index (χ3n) is 1.77. The van der Waals surface area contributed by atoms with Gasteiger partial charge in [0.05, 0.1) is 11.8 Å². The van der Waals surface area contributed by atoms with Crippen LogP contribution in [0.4, 0.5) is 0 Å². The monoisotopic (exact) mass is 196 g/mol. The van der Waals surface area contributed by atoms with E-state index in [1.165, 1.54) is 6.26 Å². The van der Waals surface area contributed by atoms with Gasteiger partial charge in [-0.3, -0.25) is 5.10 Å². The minimum absolute atomic E-state index is 0.610. The van der Waals surface area contributed by atoms with Gasteiger partial charge in [-0.1, -0.05) is 5.16 Å². The number of rotatable bonds is 2. The number of aromatic nitrogens is 4. The molecule has 0 fully saturated rings. The van der Waals surface area contributed by atoms with Gasteiger partial charge < -0.3 is 9.09 Å². The van der Waals surface area contributed by atoms with Crippen molar-refractivity contribution in [2.75, 3.05) is 0 Å². The van der Waals surface area contributed by atoms with Crippen molar-refractivity contribution in [3.8, 4) is 11.4 Å². The first-order valence-corrected chi connectivity index (χ1v) is 4.28. The van der Waals surface area contributed by atoms with E-state index in [0.29, 0.717) is 4.77 Å². The predicted molar refractivity (Wildman–Crippen MR) is 48.6 cm³/mol. The lowest BCUT2D eigenvalue weighted by Gasteiger charge is -1.98. The second-order valence-corrected chi connectivity index (χ2v) is 2.90. The molecule has 0 unspecified atom stereocenters. The maximum atomic E-state index is 5.04. The molecule has 2 aromatic rings. The van der Waals surface area contributed by atoms with Gasteiger partial charge >= 0.3 is 0 Å². The summed E-state index contributed by atoms with van der Waals surface area (Å²) in [5.41, 5.74) is 0.828. The second kappa shape index (κ2) is 3.14. The molecule has 2 aromatic heterocycles. The zero-order valence-electron chi connectivity index (χ0n) is 7.02. The molecule has 0 aliphatic carbocycles. The van der Waals surface area contributed by atoms with Crippen molar-refractivity contribution in [1.29, 1.82) is 0 Å². The SMILES string of the molecule is CCn1c(-c2cnoc2)n[nH]c1=S. The zero-order chi connectivity index (χ0) is 9.26. The number of hydrogen-bond acceptors (Lipinski definition) is 4. The standard InChI is InChI=1S/C7H8N4OS/c1-2-11-6(9-10-7(11)13)5-3-8-12-4-5/h3-4H,2H2,1H3,(H,10,13). The smallest absolute Gasteiger partial charge is 0.195 e. The Balaban J connectivity index is 2.58. The molecule has 0 saturated carbocycles. The summed E-state index contributed by atoms with van der Waals surface area (Å²) < 4.78 is 7.21. The summed E-state index contributed by atoms with van der Waals surface area (Å²) in [5.74, 6) is 0.758. The highest BCUT2D eigenvalue weighted by molar-refractivity contribution is 7.71. The zero-order valence-corrected chi connectivity index (χ0v) is 7.84. The lowest BCUT2D eigenvalue weighted by Crippen LogP contribution is -1.96. The van der Waals surface area contributed by atoms with Crippen LogP contribution >= 0.6 is 12.2 Å². The van der Waals surface area contributed by atoms with Gasteiger partial charge in [-0.2, -0.15) is 5.10 Å². The van der Waals surface area contributed by atoms with Crippen LogP contribution < -0.4 is 0 Å². The van der Waals surface area contributed by atoms with Crippen LogP contribution in [0.1, 0.15) is 6.92 Å². The molecule has 0 saturated heterocycles. The number of aromatic amines is 1. The average molecular weight is 196 g/mol. The molecule has 0 aromatic carbocycles. The number of nitrogens with one attached hydrogen (secondary N) is 1. The summed E-state index contributed by atoms with van der Waals surface area (Å²) in [7, 11) is 0. The van der Waals surface area contributed by atoms with Crippen molar-refractivity contribution >= 4 is 12.2 Å². The highest BCUT2D eigenvalue weighted by Gasteiger charge is 2.08. The van der Waals surface area contributed by atoms with E-state index in [1.807, 2.05) is 11.5 Å². The molecule has 68 valence electrons. The summed E-state index contributed by atoms with van der Waals surface area (Å²) in [6, 6.07) is 0. The van der Waals surface area contributed by atoms with Crippen LogP contribution in [0.2, 0.25) is 0 Å². The Kier molecular flexibility index (Phi) is 1.97. The topological polar surface area (TPSA) is 59.6 Å². The lowest BCUT2D eigenvalue weighted by atomic mass is 10.3. The first kappa shape index (κ1) is 8.18. The van der Waals surface area contributed by atoms with Crippen LogP contribution in [0.15, 0.2) is 17.0 Å². The van der Waals surface area contributed by atoms with Gasteiger partial charge in [-0.05, 0) is 19.1 Å². The van der Waals surface area contributed by atoms with Crippen molar-refractivity contribution < 1.29 is 4.52 Å². The average Bonchev–Trinajstić information content (AvgIpc) is 2.71. The Hall–Kier alpha value is -1.43. The molecule has 0 aliphatic rings. The van der Waals surface area contributed by atoms with Gasteiger partial charge in [-0.15, -0.1) is 0 Å². The number of nitrogens with zero attached hydrogens (tertiary/aromatic N) is 3. The van der Waals surface area contributed by atoms with Crippen molar-refractivity contribution in [1.82, 2.24) is 19.9 Å². The van der Waals surface area contributed by atoms with Crippen LogP contribution in [-0.2, 0) is 6.54 Å². The quantitative estimate of drug-likeness (QED) is 0.741. The molecular formula is C7H8N4OS. The van der Waals surface area contributed by atoms with E-state index in [1.54, 1.807) is 6.20 Å². The molecule has 2 rings (SSSR count). The lowest BCUT2D eigenvalue weighted by molar-refractivity contribution is 0.420. The van der Waals surface area contributed by atoms with E-state index in [-0.39, 0.29) is 0 Å². The first-order valence-electron chi connectivity index (χ1n) is 3.88. The van der Waals surface area contributed by atoms with E-state index < -0.39 is 0 Å². The molecule has 0 radical (unpaired) electrons. The van der Waals surface area contributed by atoms with Crippen LogP contribution in [0.5, 0.6) is 0 Å². The van der Waals surface area contributed by atoms with Crippen LogP contribution in [0, 0.1) is 4.77 Å². The highest BCUT2D eigenvalue weighted by Crippen LogP contribution is 2.15. The molecule has 2 heterocycles. The fourth-order valence-electron chi connectivity index (χ4n) is 1.15. The van der Waals surface area contributed by atoms with Crippen molar-refractivity contribution in [2.24, 2.45) is 0 Å². The van der Waals surface area contributed by atoms with E-state index in [4.69, 9.17) is 16.7 Å². The molecule has 0 aliphatic heterocycles. The molecule has 0 amide bonds. The molecule has 0 spiro atoms. The van der Waals surface area contributed by atoms with Gasteiger partial charge in [0.2, 0.25) is 0 Å². The first-order chi connectivity index (χ1) is 6.33. The van der Waals surface area contributed by atoms with Gasteiger partial charge in [0.1, 0.15) is 6.26 Å². The molecule has 13 heavy (non-hydrogen) atoms. The van der Waals surface area contributed by atoms with E-state index in [9.17, 15) is 0 Å². The molecule has 0 bridgehead atoms. The normalized spacial score (nSPS) is 10.5. The van der Waals surface area contributed by atoms with Gasteiger partial charge in [0.25, 0.3) is 0 Å². The summed E-state index contributed by atoms with van der Waals surface area (Å²) >= 11 is 5.04. The second-order valence-electron chi connectivity index (χ2n) is 2.51. The Labute approximate surface area is 79.4 Å². The maximum Gasteiger partial charge on any atom is 0.195 e. The Morgan fingerprint density at radius 1 is 1.69 bits per heavy atom. The van der Waals surface area contributed by atoms with Crippen LogP contribution in [-0.4, -0.2) is 19.9 Å². The fraction of sp³-hybridized carbons (Fsp3) is 0.286. The van der Waals surface area contributed by atoms with Crippen molar-refractivity contribution in [3.05, 3.63) is 17.2 Å². The Morgan fingerprint density at radius 2 is 2.54 bits per heavy atom. The summed E-state index contributed by atoms with van der Waals surface area (Å²) in [5, 5.41) is 10.4. The van der Waals surface area contributed by atoms with E-state index in [2.05, 4.69) is 15.4 Å². The summed E-state index contributed by atoms with van der Waals surface area (Å²) in [4.78, 5) is 0. The Bertz CT molecular complexity index is 441. The third kappa shape index (κ3) is 1.29. The largest absolute Gasteiger partial charge is 0.364 e. The summed E-state index contributed by atoms with van der Waals surface area (Å²) in [6.07, 6.45) is 3.15. The fourth-order valence-corrected chi connectivity index (χ4v) is 1.41. The van der Waals surface area contributed by atoms with Gasteiger partial charge in [0, 0.05) is 6.54 Å². The van der Waals surface area contributed by atoms with Crippen LogP contribution in [0.25, 0.3) is 11.4 Å². The summed E-state index contributed by atoms with van der Waals surface area (Å²) in [6.45, 7) is 2.78. The van der Waals surface area contributed by atoms with Crippen molar-refractivity contribution in [3.63, 3.8) is 0 Å². The van der Waals surface area contributed by atoms with E-state index >= 15 is 0 Å². The number of hydrogen-bond donors (Lipinski definition) is 1. The molecule has 0 atom stereocenters. The minimum Gasteiger partial charge on any atom is -0.364 e. The molecule has 1 N–H and O–H groups in total.